The molecule has 74 valence electrons. The molecule has 1 saturated heterocycles. The number of hydrogen-bond acceptors (Lipinski definition) is 3. The molecule has 0 saturated carbocycles. The first-order valence-electron chi connectivity index (χ1n) is 4.54. The largest absolute Gasteiger partial charge is 0.351 e. The van der Waals surface area contributed by atoms with Gasteiger partial charge in [-0.1, -0.05) is 0 Å². The van der Waals surface area contributed by atoms with Crippen molar-refractivity contribution in [2.45, 2.75) is 13.2 Å². The van der Waals surface area contributed by atoms with Gasteiger partial charge < -0.3 is 10.1 Å². The highest BCUT2D eigenvalue weighted by Crippen LogP contribution is 2.41. The summed E-state index contributed by atoms with van der Waals surface area (Å²) >= 11 is 1.65. The van der Waals surface area contributed by atoms with Gasteiger partial charge in [0.2, 0.25) is 0 Å². The summed E-state index contributed by atoms with van der Waals surface area (Å²) in [6, 6.07) is -0.0403. The van der Waals surface area contributed by atoms with Crippen molar-refractivity contribution in [2.75, 3.05) is 18.5 Å². The Bertz CT molecular complexity index is 402. The summed E-state index contributed by atoms with van der Waals surface area (Å²) in [6.45, 7) is 3.32. The molecule has 4 nitrogen and oxygen atoms in total. The van der Waals surface area contributed by atoms with Crippen molar-refractivity contribution in [3.05, 3.63) is 15.8 Å². The normalized spacial score (nSPS) is 24.5. The number of hydrogen-bond donors (Lipinski definition) is 1. The lowest BCUT2D eigenvalue weighted by Crippen LogP contribution is -2.38. The molecule has 0 aliphatic carbocycles. The molecule has 2 aliphatic rings. The number of rotatable bonds is 0. The lowest BCUT2D eigenvalue weighted by molar-refractivity contribution is 0.0527. The van der Waals surface area contributed by atoms with Crippen LogP contribution in [-0.2, 0) is 4.74 Å². The van der Waals surface area contributed by atoms with Gasteiger partial charge in [-0.25, -0.2) is 4.79 Å². The molecule has 0 bridgehead atoms. The predicted octanol–water partition coefficient (Wildman–Crippen LogP) is 1.93. The van der Waals surface area contributed by atoms with E-state index >= 15 is 0 Å². The summed E-state index contributed by atoms with van der Waals surface area (Å²) in [5, 5.41) is 4.95. The number of anilines is 1. The maximum atomic E-state index is 11.6. The molecule has 3 heterocycles. The summed E-state index contributed by atoms with van der Waals surface area (Å²) in [7, 11) is 0. The molecule has 1 aromatic heterocycles. The minimum absolute atomic E-state index is 0.0403. The number of thiophene rings is 1. The minimum Gasteiger partial charge on any atom is -0.351 e. The summed E-state index contributed by atoms with van der Waals surface area (Å²) < 4.78 is 5.54. The molecule has 2 amide bonds. The number of carbonyl (C=O) groups is 1. The highest BCUT2D eigenvalue weighted by Gasteiger charge is 2.38. The SMILES string of the molecule is Cc1csc2c1NC(=O)N1CCOC21. The van der Waals surface area contributed by atoms with Gasteiger partial charge in [0.05, 0.1) is 17.2 Å². The van der Waals surface area contributed by atoms with Crippen molar-refractivity contribution >= 4 is 23.1 Å². The molecule has 1 aromatic rings. The van der Waals surface area contributed by atoms with E-state index in [0.29, 0.717) is 13.2 Å². The Kier molecular flexibility index (Phi) is 1.60. The van der Waals surface area contributed by atoms with E-state index in [9.17, 15) is 4.79 Å². The average Bonchev–Trinajstić information content (AvgIpc) is 2.74. The van der Waals surface area contributed by atoms with Gasteiger partial charge in [-0.05, 0) is 17.9 Å². The number of ether oxygens (including phenoxy) is 1. The first kappa shape index (κ1) is 8.26. The predicted molar refractivity (Wildman–Crippen MR) is 53.5 cm³/mol. The molecule has 0 aromatic carbocycles. The van der Waals surface area contributed by atoms with E-state index in [-0.39, 0.29) is 12.3 Å². The molecular weight excluding hydrogens is 200 g/mol. The van der Waals surface area contributed by atoms with Crippen LogP contribution in [0.2, 0.25) is 0 Å². The minimum atomic E-state index is -0.141. The van der Waals surface area contributed by atoms with Gasteiger partial charge in [0.1, 0.15) is 0 Å². The summed E-state index contributed by atoms with van der Waals surface area (Å²) in [6.07, 6.45) is -0.141. The number of amides is 2. The van der Waals surface area contributed by atoms with Crippen molar-refractivity contribution in [1.29, 1.82) is 0 Å². The molecule has 3 rings (SSSR count). The van der Waals surface area contributed by atoms with Gasteiger partial charge in [0, 0.05) is 6.54 Å². The van der Waals surface area contributed by atoms with Crippen LogP contribution in [-0.4, -0.2) is 24.1 Å². The zero-order valence-corrected chi connectivity index (χ0v) is 8.56. The Balaban J connectivity index is 2.12. The number of aryl methyl sites for hydroxylation is 1. The van der Waals surface area contributed by atoms with Crippen LogP contribution < -0.4 is 5.32 Å². The van der Waals surface area contributed by atoms with E-state index < -0.39 is 0 Å². The highest BCUT2D eigenvalue weighted by molar-refractivity contribution is 7.10. The van der Waals surface area contributed by atoms with Crippen LogP contribution >= 0.6 is 11.3 Å². The topological polar surface area (TPSA) is 41.6 Å². The van der Waals surface area contributed by atoms with Crippen LogP contribution in [0.25, 0.3) is 0 Å². The Labute approximate surface area is 85.5 Å². The van der Waals surface area contributed by atoms with Crippen LogP contribution in [0.15, 0.2) is 5.38 Å². The van der Waals surface area contributed by atoms with Crippen molar-refractivity contribution in [3.63, 3.8) is 0 Å². The maximum absolute atomic E-state index is 11.6. The van der Waals surface area contributed by atoms with E-state index in [4.69, 9.17) is 4.74 Å². The quantitative estimate of drug-likeness (QED) is 0.711. The summed E-state index contributed by atoms with van der Waals surface area (Å²) in [5.74, 6) is 0. The van der Waals surface area contributed by atoms with Gasteiger partial charge in [0.15, 0.2) is 6.23 Å². The van der Waals surface area contributed by atoms with Crippen LogP contribution in [0.5, 0.6) is 0 Å². The average molecular weight is 210 g/mol. The van der Waals surface area contributed by atoms with Gasteiger partial charge in [-0.2, -0.15) is 0 Å². The summed E-state index contributed by atoms with van der Waals surface area (Å²) in [5.41, 5.74) is 2.07. The molecule has 0 spiro atoms. The van der Waals surface area contributed by atoms with Crippen LogP contribution in [0.4, 0.5) is 10.5 Å². The van der Waals surface area contributed by atoms with Crippen molar-refractivity contribution in [1.82, 2.24) is 4.90 Å². The van der Waals surface area contributed by atoms with Crippen LogP contribution in [0.1, 0.15) is 16.7 Å². The number of fused-ring (bicyclic) bond motifs is 3. The van der Waals surface area contributed by atoms with Gasteiger partial charge in [-0.3, -0.25) is 4.90 Å². The molecule has 0 radical (unpaired) electrons. The second-order valence-corrected chi connectivity index (χ2v) is 4.42. The Morgan fingerprint density at radius 1 is 1.71 bits per heavy atom. The van der Waals surface area contributed by atoms with Gasteiger partial charge in [-0.15, -0.1) is 11.3 Å². The monoisotopic (exact) mass is 210 g/mol. The highest BCUT2D eigenvalue weighted by atomic mass is 32.1. The summed E-state index contributed by atoms with van der Waals surface area (Å²) in [4.78, 5) is 14.5. The first-order valence-corrected chi connectivity index (χ1v) is 5.42. The third-order valence-electron chi connectivity index (χ3n) is 2.61. The van der Waals surface area contributed by atoms with Gasteiger partial charge in [0.25, 0.3) is 0 Å². The third kappa shape index (κ3) is 0.936. The van der Waals surface area contributed by atoms with Gasteiger partial charge >= 0.3 is 6.03 Å². The van der Waals surface area contributed by atoms with E-state index in [0.717, 1.165) is 16.1 Å². The van der Waals surface area contributed by atoms with E-state index in [2.05, 4.69) is 10.7 Å². The molecule has 5 heteroatoms. The molecular formula is C9H10N2O2S. The number of nitrogens with one attached hydrogen (secondary N) is 1. The van der Waals surface area contributed by atoms with Crippen LogP contribution in [0, 0.1) is 6.92 Å². The second kappa shape index (κ2) is 2.71. The standard InChI is InChI=1S/C9H10N2O2S/c1-5-4-14-7-6(5)10-9(12)11-2-3-13-8(7)11/h4,8H,2-3H2,1H3,(H,10,12). The molecule has 14 heavy (non-hydrogen) atoms. The van der Waals surface area contributed by atoms with E-state index in [1.54, 1.807) is 16.2 Å². The smallest absolute Gasteiger partial charge is 0.324 e. The van der Waals surface area contributed by atoms with E-state index in [1.165, 1.54) is 0 Å². The zero-order chi connectivity index (χ0) is 9.71. The van der Waals surface area contributed by atoms with E-state index in [1.807, 2.05) is 6.92 Å². The number of nitrogens with zero attached hydrogens (tertiary/aromatic N) is 1. The Hall–Kier alpha value is -1.07. The van der Waals surface area contributed by atoms with Crippen molar-refractivity contribution in [3.8, 4) is 0 Å². The van der Waals surface area contributed by atoms with Crippen molar-refractivity contribution < 1.29 is 9.53 Å². The lowest BCUT2D eigenvalue weighted by atomic mass is 10.2. The number of carbonyl (C=O) groups excluding carboxylic acids is 1. The van der Waals surface area contributed by atoms with Crippen LogP contribution in [0.3, 0.4) is 0 Å². The van der Waals surface area contributed by atoms with Crippen molar-refractivity contribution in [2.24, 2.45) is 0 Å². The fourth-order valence-corrected chi connectivity index (χ4v) is 2.94. The molecule has 1 N–H and O–H groups in total. The zero-order valence-electron chi connectivity index (χ0n) is 7.74. The number of urea groups is 1. The Morgan fingerprint density at radius 2 is 2.57 bits per heavy atom. The molecule has 2 aliphatic heterocycles. The Morgan fingerprint density at radius 3 is 3.43 bits per heavy atom. The molecule has 1 fully saturated rings. The fraction of sp³-hybridized carbons (Fsp3) is 0.444. The molecule has 1 atom stereocenters. The maximum Gasteiger partial charge on any atom is 0.324 e. The second-order valence-electron chi connectivity index (χ2n) is 3.50. The lowest BCUT2D eigenvalue weighted by Gasteiger charge is -2.28. The molecule has 1 unspecified atom stereocenters. The third-order valence-corrected chi connectivity index (χ3v) is 3.74. The fourth-order valence-electron chi connectivity index (χ4n) is 1.88. The first-order chi connectivity index (χ1) is 6.77.